The summed E-state index contributed by atoms with van der Waals surface area (Å²) in [7, 11) is -1.11. The molecule has 3 aromatic heterocycles. The van der Waals surface area contributed by atoms with Gasteiger partial charge in [0.2, 0.25) is 0 Å². The van der Waals surface area contributed by atoms with Crippen molar-refractivity contribution < 1.29 is 4.74 Å². The molecular formula is C27H39N7OSi. The molecule has 36 heavy (non-hydrogen) atoms. The Morgan fingerprint density at radius 2 is 2.06 bits per heavy atom. The largest absolute Gasteiger partial charge is 0.361 e. The number of hydrogen-bond donors (Lipinski definition) is 0. The van der Waals surface area contributed by atoms with E-state index in [1.807, 2.05) is 21.6 Å². The molecule has 4 heterocycles. The van der Waals surface area contributed by atoms with E-state index in [9.17, 15) is 5.26 Å². The zero-order valence-electron chi connectivity index (χ0n) is 22.2. The lowest BCUT2D eigenvalue weighted by molar-refractivity contribution is -0.0408. The Morgan fingerprint density at radius 3 is 2.81 bits per heavy atom. The number of aromatic nitrogens is 5. The number of nitriles is 1. The van der Waals surface area contributed by atoms with E-state index in [0.717, 1.165) is 53.9 Å². The summed E-state index contributed by atoms with van der Waals surface area (Å²) in [5, 5.41) is 15.4. The zero-order chi connectivity index (χ0) is 25.3. The number of fused-ring (bicyclic) bond motifs is 1. The molecule has 1 saturated heterocycles. The Balaban J connectivity index is 1.32. The highest BCUT2D eigenvalue weighted by atomic mass is 28.3. The molecule has 9 heteroatoms. The molecule has 192 valence electrons. The van der Waals surface area contributed by atoms with Gasteiger partial charge in [0.25, 0.3) is 0 Å². The first-order chi connectivity index (χ1) is 17.3. The van der Waals surface area contributed by atoms with Crippen molar-refractivity contribution in [2.24, 2.45) is 5.92 Å². The molecule has 2 unspecified atom stereocenters. The van der Waals surface area contributed by atoms with Gasteiger partial charge in [0.15, 0.2) is 0 Å². The van der Waals surface area contributed by atoms with E-state index in [1.165, 1.54) is 25.7 Å². The smallest absolute Gasteiger partial charge is 0.145 e. The van der Waals surface area contributed by atoms with Gasteiger partial charge in [0, 0.05) is 57.2 Å². The molecule has 0 radical (unpaired) electrons. The van der Waals surface area contributed by atoms with Crippen LogP contribution in [-0.2, 0) is 17.0 Å². The molecule has 2 atom stereocenters. The molecule has 0 amide bonds. The molecule has 0 N–H and O–H groups in total. The molecule has 5 rings (SSSR count). The molecule has 1 saturated carbocycles. The molecule has 2 aliphatic rings. The van der Waals surface area contributed by atoms with Crippen LogP contribution in [-0.4, -0.2) is 63.0 Å². The molecule has 1 aliphatic heterocycles. The fourth-order valence-electron chi connectivity index (χ4n) is 5.77. The SMILES string of the molecule is CC1CCCC(N2CC(CC#N)(n3cc(-c4ncnc5c4ccn5COCC[Si](C)(C)C)cn3)C2)C1. The molecule has 2 fully saturated rings. The molecule has 1 aliphatic carbocycles. The number of rotatable bonds is 9. The Morgan fingerprint density at radius 1 is 1.22 bits per heavy atom. The molecule has 0 spiro atoms. The van der Waals surface area contributed by atoms with Gasteiger partial charge in [0.1, 0.15) is 24.2 Å². The highest BCUT2D eigenvalue weighted by Crippen LogP contribution is 2.39. The van der Waals surface area contributed by atoms with Crippen molar-refractivity contribution in [3.8, 4) is 17.3 Å². The first-order valence-corrected chi connectivity index (χ1v) is 17.0. The van der Waals surface area contributed by atoms with Gasteiger partial charge < -0.3 is 9.30 Å². The van der Waals surface area contributed by atoms with Crippen LogP contribution < -0.4 is 0 Å². The summed E-state index contributed by atoms with van der Waals surface area (Å²) in [5.74, 6) is 0.796. The molecule has 3 aromatic rings. The minimum Gasteiger partial charge on any atom is -0.361 e. The van der Waals surface area contributed by atoms with E-state index in [-0.39, 0.29) is 5.54 Å². The molecule has 0 bridgehead atoms. The Hall–Kier alpha value is -2.54. The fourth-order valence-corrected chi connectivity index (χ4v) is 6.53. The maximum Gasteiger partial charge on any atom is 0.145 e. The van der Waals surface area contributed by atoms with Crippen molar-refractivity contribution in [3.05, 3.63) is 31.0 Å². The van der Waals surface area contributed by atoms with Crippen LogP contribution in [0, 0.1) is 17.2 Å². The molecular weight excluding hydrogens is 466 g/mol. The van der Waals surface area contributed by atoms with Gasteiger partial charge in [-0.1, -0.05) is 39.4 Å². The lowest BCUT2D eigenvalue weighted by Gasteiger charge is -2.53. The second kappa shape index (κ2) is 10.1. The van der Waals surface area contributed by atoms with E-state index in [4.69, 9.17) is 9.84 Å². The highest BCUT2D eigenvalue weighted by Gasteiger charge is 2.48. The van der Waals surface area contributed by atoms with Crippen LogP contribution in [0.3, 0.4) is 0 Å². The summed E-state index contributed by atoms with van der Waals surface area (Å²) in [5.41, 5.74) is 2.45. The predicted molar refractivity (Wildman–Crippen MR) is 144 cm³/mol. The Kier molecular flexibility index (Phi) is 7.03. The summed E-state index contributed by atoms with van der Waals surface area (Å²) >= 11 is 0. The monoisotopic (exact) mass is 505 g/mol. The van der Waals surface area contributed by atoms with Crippen LogP contribution in [0.5, 0.6) is 0 Å². The second-order valence-corrected chi connectivity index (χ2v) is 17.8. The van der Waals surface area contributed by atoms with Crippen molar-refractivity contribution in [2.45, 2.75) is 83.0 Å². The van der Waals surface area contributed by atoms with Crippen molar-refractivity contribution in [1.82, 2.24) is 29.2 Å². The third-order valence-electron chi connectivity index (χ3n) is 7.95. The van der Waals surface area contributed by atoms with Gasteiger partial charge in [-0.15, -0.1) is 0 Å². The van der Waals surface area contributed by atoms with E-state index in [2.05, 4.69) is 59.8 Å². The Bertz CT molecular complexity index is 1230. The first-order valence-electron chi connectivity index (χ1n) is 13.3. The van der Waals surface area contributed by atoms with E-state index in [0.29, 0.717) is 19.2 Å². The molecule has 8 nitrogen and oxygen atoms in total. The van der Waals surface area contributed by atoms with Gasteiger partial charge in [0.05, 0.1) is 24.4 Å². The maximum atomic E-state index is 9.63. The predicted octanol–water partition coefficient (Wildman–Crippen LogP) is 5.11. The van der Waals surface area contributed by atoms with Crippen LogP contribution in [0.15, 0.2) is 31.0 Å². The fraction of sp³-hybridized carbons (Fsp3) is 0.630. The zero-order valence-corrected chi connectivity index (χ0v) is 23.2. The minimum absolute atomic E-state index is 0.254. The van der Waals surface area contributed by atoms with Crippen molar-refractivity contribution in [2.75, 3.05) is 19.7 Å². The summed E-state index contributed by atoms with van der Waals surface area (Å²) in [6.45, 7) is 12.5. The summed E-state index contributed by atoms with van der Waals surface area (Å²) in [4.78, 5) is 11.7. The summed E-state index contributed by atoms with van der Waals surface area (Å²) in [6.07, 6.45) is 13.3. The summed E-state index contributed by atoms with van der Waals surface area (Å²) in [6, 6.07) is 6.28. The summed E-state index contributed by atoms with van der Waals surface area (Å²) < 4.78 is 10.0. The van der Waals surface area contributed by atoms with E-state index < -0.39 is 8.07 Å². The number of hydrogen-bond acceptors (Lipinski definition) is 6. The number of ether oxygens (including phenoxy) is 1. The van der Waals surface area contributed by atoms with Gasteiger partial charge in [-0.25, -0.2) is 9.97 Å². The van der Waals surface area contributed by atoms with Gasteiger partial charge in [-0.05, 0) is 30.9 Å². The van der Waals surface area contributed by atoms with Crippen molar-refractivity contribution in [1.29, 1.82) is 5.26 Å². The number of nitrogens with zero attached hydrogens (tertiary/aromatic N) is 7. The second-order valence-electron chi connectivity index (χ2n) is 12.2. The normalized spacial score (nSPS) is 22.4. The van der Waals surface area contributed by atoms with E-state index >= 15 is 0 Å². The average molecular weight is 506 g/mol. The Labute approximate surface area is 215 Å². The van der Waals surface area contributed by atoms with Gasteiger partial charge >= 0.3 is 0 Å². The van der Waals surface area contributed by atoms with Gasteiger partial charge in [-0.3, -0.25) is 9.58 Å². The first kappa shape index (κ1) is 25.1. The average Bonchev–Trinajstić information content (AvgIpc) is 3.46. The quantitative estimate of drug-likeness (QED) is 0.297. The van der Waals surface area contributed by atoms with E-state index in [1.54, 1.807) is 6.33 Å². The van der Waals surface area contributed by atoms with Crippen molar-refractivity contribution >= 4 is 19.1 Å². The topological polar surface area (TPSA) is 84.8 Å². The third-order valence-corrected chi connectivity index (χ3v) is 9.66. The lowest BCUT2D eigenvalue weighted by atomic mass is 9.80. The van der Waals surface area contributed by atoms with Crippen LogP contribution in [0.4, 0.5) is 0 Å². The van der Waals surface area contributed by atoms with Crippen LogP contribution in [0.2, 0.25) is 25.7 Å². The number of likely N-dealkylation sites (tertiary alicyclic amines) is 1. The third kappa shape index (κ3) is 5.12. The molecule has 0 aromatic carbocycles. The van der Waals surface area contributed by atoms with Crippen LogP contribution >= 0.6 is 0 Å². The standard InChI is InChI=1S/C27H39N7OSi/c1-21-6-5-7-23(14-21)33-17-27(18-33,9-10-28)34-16-22(15-31-34)25-24-8-11-32(26(24)30-19-29-25)20-35-12-13-36(2,3)4/h8,11,15-16,19,21,23H,5-7,9,12-14,17-18,20H2,1-4H3. The van der Waals surface area contributed by atoms with Crippen LogP contribution in [0.25, 0.3) is 22.3 Å². The van der Waals surface area contributed by atoms with Crippen LogP contribution in [0.1, 0.15) is 39.0 Å². The minimum atomic E-state index is -1.11. The van der Waals surface area contributed by atoms with Crippen molar-refractivity contribution in [3.63, 3.8) is 0 Å². The highest BCUT2D eigenvalue weighted by molar-refractivity contribution is 6.76. The lowest BCUT2D eigenvalue weighted by Crippen LogP contribution is -2.65. The maximum absolute atomic E-state index is 9.63. The van der Waals surface area contributed by atoms with Gasteiger partial charge in [-0.2, -0.15) is 10.4 Å².